The van der Waals surface area contributed by atoms with Crippen LogP contribution in [0.4, 0.5) is 0 Å². The SMILES string of the molecule is Cc1n[nH]c(C)c1CCNS(=O)(=O)c1ccnn1C(C)C. The highest BCUT2D eigenvalue weighted by Gasteiger charge is 2.20. The molecule has 21 heavy (non-hydrogen) atoms. The molecule has 0 aliphatic rings. The molecule has 0 bridgehead atoms. The summed E-state index contributed by atoms with van der Waals surface area (Å²) >= 11 is 0. The fourth-order valence-corrected chi connectivity index (χ4v) is 3.49. The van der Waals surface area contributed by atoms with Crippen LogP contribution in [0.2, 0.25) is 0 Å². The molecule has 8 heteroatoms. The van der Waals surface area contributed by atoms with Crippen LogP contribution in [0, 0.1) is 13.8 Å². The number of aromatic amines is 1. The smallest absolute Gasteiger partial charge is 0.257 e. The third kappa shape index (κ3) is 3.33. The Bertz CT molecular complexity index is 695. The molecule has 2 N–H and O–H groups in total. The number of nitrogens with zero attached hydrogens (tertiary/aromatic N) is 3. The lowest BCUT2D eigenvalue weighted by atomic mass is 10.1. The topological polar surface area (TPSA) is 92.7 Å². The second-order valence-electron chi connectivity index (χ2n) is 5.27. The average Bonchev–Trinajstić information content (AvgIpc) is 3.00. The Morgan fingerprint density at radius 2 is 2.10 bits per heavy atom. The first-order chi connectivity index (χ1) is 9.83. The summed E-state index contributed by atoms with van der Waals surface area (Å²) in [5, 5.41) is 11.2. The molecule has 2 rings (SSSR count). The summed E-state index contributed by atoms with van der Waals surface area (Å²) < 4.78 is 28.8. The van der Waals surface area contributed by atoms with Gasteiger partial charge in [-0.2, -0.15) is 10.2 Å². The molecule has 0 amide bonds. The zero-order valence-corrected chi connectivity index (χ0v) is 13.5. The predicted molar refractivity (Wildman–Crippen MR) is 79.6 cm³/mol. The quantitative estimate of drug-likeness (QED) is 0.841. The van der Waals surface area contributed by atoms with Gasteiger partial charge in [0.2, 0.25) is 0 Å². The highest BCUT2D eigenvalue weighted by molar-refractivity contribution is 7.89. The molecule has 0 unspecified atom stereocenters. The average molecular weight is 311 g/mol. The number of aryl methyl sites for hydroxylation is 2. The van der Waals surface area contributed by atoms with Crippen LogP contribution in [0.15, 0.2) is 17.3 Å². The minimum absolute atomic E-state index is 0.00932. The number of rotatable bonds is 6. The molecule has 2 aromatic heterocycles. The van der Waals surface area contributed by atoms with Crippen LogP contribution in [-0.4, -0.2) is 34.9 Å². The molecule has 7 nitrogen and oxygen atoms in total. The molecular weight excluding hydrogens is 290 g/mol. The molecule has 116 valence electrons. The molecule has 2 heterocycles. The molecule has 0 radical (unpaired) electrons. The molecule has 0 aliphatic heterocycles. The monoisotopic (exact) mass is 311 g/mol. The summed E-state index contributed by atoms with van der Waals surface area (Å²) in [6, 6.07) is 1.50. The summed E-state index contributed by atoms with van der Waals surface area (Å²) in [5.74, 6) is 0. The van der Waals surface area contributed by atoms with Crippen LogP contribution in [0.5, 0.6) is 0 Å². The van der Waals surface area contributed by atoms with E-state index in [1.54, 1.807) is 0 Å². The van der Waals surface area contributed by atoms with E-state index >= 15 is 0 Å². The number of nitrogens with one attached hydrogen (secondary N) is 2. The molecule has 0 saturated heterocycles. The van der Waals surface area contributed by atoms with Crippen molar-refractivity contribution in [1.82, 2.24) is 24.7 Å². The standard InChI is InChI=1S/C13H21N5O2S/c1-9(2)18-13(6-7-14-18)21(19,20)15-8-5-12-10(3)16-17-11(12)4/h6-7,9,15H,5,8H2,1-4H3,(H,16,17). The number of H-pyrrole nitrogens is 1. The lowest BCUT2D eigenvalue weighted by molar-refractivity contribution is 0.475. The first-order valence-corrected chi connectivity index (χ1v) is 8.35. The number of hydrogen-bond acceptors (Lipinski definition) is 4. The summed E-state index contributed by atoms with van der Waals surface area (Å²) in [6.45, 7) is 7.94. The Morgan fingerprint density at radius 1 is 1.38 bits per heavy atom. The van der Waals surface area contributed by atoms with Gasteiger partial charge in [0.25, 0.3) is 10.0 Å². The van der Waals surface area contributed by atoms with Gasteiger partial charge >= 0.3 is 0 Å². The van der Waals surface area contributed by atoms with Gasteiger partial charge in [-0.1, -0.05) is 0 Å². The third-order valence-corrected chi connectivity index (χ3v) is 4.80. The van der Waals surface area contributed by atoms with Crippen molar-refractivity contribution in [2.75, 3.05) is 6.54 Å². The fourth-order valence-electron chi connectivity index (χ4n) is 2.23. The Hall–Kier alpha value is -1.67. The first-order valence-electron chi connectivity index (χ1n) is 6.86. The molecule has 0 saturated carbocycles. The Labute approximate surface area is 124 Å². The van der Waals surface area contributed by atoms with Gasteiger partial charge in [-0.15, -0.1) is 0 Å². The highest BCUT2D eigenvalue weighted by Crippen LogP contribution is 2.14. The maximum atomic E-state index is 12.3. The summed E-state index contributed by atoms with van der Waals surface area (Å²) in [6.07, 6.45) is 2.10. The first kappa shape index (κ1) is 15.7. The Morgan fingerprint density at radius 3 is 2.67 bits per heavy atom. The van der Waals surface area contributed by atoms with Gasteiger partial charge in [-0.3, -0.25) is 9.78 Å². The van der Waals surface area contributed by atoms with E-state index in [-0.39, 0.29) is 11.1 Å². The number of sulfonamides is 1. The van der Waals surface area contributed by atoms with E-state index < -0.39 is 10.0 Å². The minimum Gasteiger partial charge on any atom is -0.282 e. The summed E-state index contributed by atoms with van der Waals surface area (Å²) in [5.41, 5.74) is 2.92. The van der Waals surface area contributed by atoms with E-state index in [0.29, 0.717) is 13.0 Å². The van der Waals surface area contributed by atoms with Crippen molar-refractivity contribution in [3.05, 3.63) is 29.2 Å². The normalized spacial score (nSPS) is 12.2. The lowest BCUT2D eigenvalue weighted by Gasteiger charge is -2.12. The zero-order valence-electron chi connectivity index (χ0n) is 12.7. The summed E-state index contributed by atoms with van der Waals surface area (Å²) in [7, 11) is -3.55. The molecule has 2 aromatic rings. The van der Waals surface area contributed by atoms with Crippen molar-refractivity contribution in [3.8, 4) is 0 Å². The van der Waals surface area contributed by atoms with Crippen LogP contribution in [0.1, 0.15) is 36.8 Å². The lowest BCUT2D eigenvalue weighted by Crippen LogP contribution is -2.28. The van der Waals surface area contributed by atoms with E-state index in [2.05, 4.69) is 20.0 Å². The van der Waals surface area contributed by atoms with Crippen LogP contribution in [-0.2, 0) is 16.4 Å². The van der Waals surface area contributed by atoms with Gasteiger partial charge < -0.3 is 0 Å². The number of aromatic nitrogens is 4. The van der Waals surface area contributed by atoms with Crippen molar-refractivity contribution in [3.63, 3.8) is 0 Å². The third-order valence-electron chi connectivity index (χ3n) is 3.35. The van der Waals surface area contributed by atoms with Gasteiger partial charge in [0.15, 0.2) is 5.03 Å². The van der Waals surface area contributed by atoms with Crippen molar-refractivity contribution in [2.24, 2.45) is 0 Å². The maximum absolute atomic E-state index is 12.3. The van der Waals surface area contributed by atoms with Crippen LogP contribution >= 0.6 is 0 Å². The van der Waals surface area contributed by atoms with Crippen LogP contribution in [0.3, 0.4) is 0 Å². The second-order valence-corrected chi connectivity index (χ2v) is 6.98. The highest BCUT2D eigenvalue weighted by atomic mass is 32.2. The van der Waals surface area contributed by atoms with Gasteiger partial charge in [0.05, 0.1) is 11.9 Å². The Balaban J connectivity index is 2.07. The van der Waals surface area contributed by atoms with E-state index in [9.17, 15) is 8.42 Å². The van der Waals surface area contributed by atoms with Gasteiger partial charge in [-0.05, 0) is 45.7 Å². The Kier molecular flexibility index (Phi) is 4.48. The molecule has 0 spiro atoms. The minimum atomic E-state index is -3.55. The van der Waals surface area contributed by atoms with Crippen molar-refractivity contribution >= 4 is 10.0 Å². The fraction of sp³-hybridized carbons (Fsp3) is 0.538. The zero-order chi connectivity index (χ0) is 15.6. The second kappa shape index (κ2) is 5.98. The van der Waals surface area contributed by atoms with Crippen LogP contribution < -0.4 is 4.72 Å². The van der Waals surface area contributed by atoms with E-state index in [0.717, 1.165) is 17.0 Å². The molecule has 0 aromatic carbocycles. The van der Waals surface area contributed by atoms with Crippen molar-refractivity contribution in [2.45, 2.75) is 45.2 Å². The molecule has 0 atom stereocenters. The van der Waals surface area contributed by atoms with E-state index in [1.807, 2.05) is 27.7 Å². The van der Waals surface area contributed by atoms with E-state index in [1.165, 1.54) is 16.9 Å². The molecule has 0 aliphatic carbocycles. The van der Waals surface area contributed by atoms with Crippen molar-refractivity contribution < 1.29 is 8.42 Å². The largest absolute Gasteiger partial charge is 0.282 e. The van der Waals surface area contributed by atoms with Gasteiger partial charge in [0.1, 0.15) is 0 Å². The van der Waals surface area contributed by atoms with Crippen molar-refractivity contribution in [1.29, 1.82) is 0 Å². The molecular formula is C13H21N5O2S. The van der Waals surface area contributed by atoms with E-state index in [4.69, 9.17) is 0 Å². The van der Waals surface area contributed by atoms with Crippen LogP contribution in [0.25, 0.3) is 0 Å². The maximum Gasteiger partial charge on any atom is 0.257 e. The van der Waals surface area contributed by atoms with Gasteiger partial charge in [-0.25, -0.2) is 13.1 Å². The molecule has 0 fully saturated rings. The van der Waals surface area contributed by atoms with Gasteiger partial charge in [0, 0.05) is 18.3 Å². The summed E-state index contributed by atoms with van der Waals surface area (Å²) in [4.78, 5) is 0. The number of hydrogen-bond donors (Lipinski definition) is 2. The predicted octanol–water partition coefficient (Wildman–Crippen LogP) is 1.32.